The van der Waals surface area contributed by atoms with Gasteiger partial charge in [-0.25, -0.2) is 0 Å². The molecule has 26 heavy (non-hydrogen) atoms. The van der Waals surface area contributed by atoms with Gasteiger partial charge in [-0.3, -0.25) is 4.79 Å². The summed E-state index contributed by atoms with van der Waals surface area (Å²) in [5.74, 6) is 1.63. The highest BCUT2D eigenvalue weighted by Crippen LogP contribution is 2.24. The summed E-state index contributed by atoms with van der Waals surface area (Å²) in [6, 6.07) is 31.2. The summed E-state index contributed by atoms with van der Waals surface area (Å²) in [5.41, 5.74) is 1.70. The van der Waals surface area contributed by atoms with Crippen LogP contribution in [0, 0.1) is 0 Å². The van der Waals surface area contributed by atoms with Crippen molar-refractivity contribution in [1.82, 2.24) is 0 Å². The summed E-state index contributed by atoms with van der Waals surface area (Å²) in [6.45, 7) is 0. The van der Waals surface area contributed by atoms with Crippen molar-refractivity contribution in [2.45, 2.75) is 6.42 Å². The van der Waals surface area contributed by atoms with Gasteiger partial charge in [0.2, 0.25) is 0 Å². The van der Waals surface area contributed by atoms with E-state index in [2.05, 4.69) is 0 Å². The average Bonchev–Trinajstić information content (AvgIpc) is 2.68. The van der Waals surface area contributed by atoms with Gasteiger partial charge >= 0.3 is 0 Å². The highest BCUT2D eigenvalue weighted by molar-refractivity contribution is 6.08. The molecule has 126 valence electrons. The third-order valence-corrected chi connectivity index (χ3v) is 4.33. The predicted molar refractivity (Wildman–Crippen MR) is 105 cm³/mol. The van der Waals surface area contributed by atoms with E-state index in [1.807, 2.05) is 97.1 Å². The van der Waals surface area contributed by atoms with E-state index in [-0.39, 0.29) is 5.78 Å². The number of carbonyl (C=O) groups is 1. The van der Waals surface area contributed by atoms with Crippen molar-refractivity contribution in [2.24, 2.45) is 0 Å². The van der Waals surface area contributed by atoms with Gasteiger partial charge in [-0.15, -0.1) is 0 Å². The molecule has 2 nitrogen and oxygen atoms in total. The van der Waals surface area contributed by atoms with Crippen LogP contribution in [0.5, 0.6) is 11.5 Å². The first-order chi connectivity index (χ1) is 12.8. The molecule has 4 aromatic carbocycles. The molecule has 0 aliphatic carbocycles. The molecule has 0 saturated carbocycles. The lowest BCUT2D eigenvalue weighted by Crippen LogP contribution is -2.04. The molecule has 0 unspecified atom stereocenters. The molecule has 0 atom stereocenters. The number of Topliss-reactive ketones (excluding diaryl/α,β-unsaturated/α-hetero) is 1. The van der Waals surface area contributed by atoms with Crippen molar-refractivity contribution in [1.29, 1.82) is 0 Å². The number of hydrogen-bond acceptors (Lipinski definition) is 2. The lowest BCUT2D eigenvalue weighted by molar-refractivity contribution is 0.0994. The quantitative estimate of drug-likeness (QED) is 0.414. The third-order valence-electron chi connectivity index (χ3n) is 4.33. The van der Waals surface area contributed by atoms with Crippen molar-refractivity contribution in [3.8, 4) is 11.5 Å². The van der Waals surface area contributed by atoms with Crippen LogP contribution in [0.3, 0.4) is 0 Å². The molecule has 0 aromatic heterocycles. The Morgan fingerprint density at radius 1 is 0.692 bits per heavy atom. The van der Waals surface area contributed by atoms with Gasteiger partial charge < -0.3 is 4.74 Å². The number of hydrogen-bond donors (Lipinski definition) is 0. The Morgan fingerprint density at radius 3 is 2.27 bits per heavy atom. The zero-order chi connectivity index (χ0) is 17.8. The SMILES string of the molecule is O=C(Cc1cccc(Oc2ccccc2)c1)c1cccc2ccccc12. The molecule has 4 rings (SSSR count). The van der Waals surface area contributed by atoms with E-state index in [1.54, 1.807) is 0 Å². The van der Waals surface area contributed by atoms with Crippen LogP contribution in [0.1, 0.15) is 15.9 Å². The Bertz CT molecular complexity index is 1050. The van der Waals surface area contributed by atoms with E-state index in [0.29, 0.717) is 6.42 Å². The lowest BCUT2D eigenvalue weighted by Gasteiger charge is -2.09. The molecule has 0 spiro atoms. The van der Waals surface area contributed by atoms with Gasteiger partial charge in [0.25, 0.3) is 0 Å². The van der Waals surface area contributed by atoms with E-state index in [4.69, 9.17) is 4.74 Å². The van der Waals surface area contributed by atoms with Gasteiger partial charge in [0.05, 0.1) is 0 Å². The highest BCUT2D eigenvalue weighted by Gasteiger charge is 2.11. The first-order valence-electron chi connectivity index (χ1n) is 8.62. The van der Waals surface area contributed by atoms with E-state index in [0.717, 1.165) is 33.4 Å². The molecule has 0 N–H and O–H groups in total. The maximum absolute atomic E-state index is 12.9. The van der Waals surface area contributed by atoms with Crippen LogP contribution in [0.15, 0.2) is 97.1 Å². The van der Waals surface area contributed by atoms with E-state index >= 15 is 0 Å². The van der Waals surface area contributed by atoms with Crippen molar-refractivity contribution >= 4 is 16.6 Å². The molecule has 0 radical (unpaired) electrons. The fourth-order valence-corrected chi connectivity index (χ4v) is 3.09. The van der Waals surface area contributed by atoms with Crippen LogP contribution in [-0.4, -0.2) is 5.78 Å². The predicted octanol–water partition coefficient (Wildman–Crippen LogP) is 6.06. The Balaban J connectivity index is 1.57. The molecule has 2 heteroatoms. The molecule has 0 amide bonds. The minimum atomic E-state index is 0.110. The molecular formula is C24H18O2. The fourth-order valence-electron chi connectivity index (χ4n) is 3.09. The number of carbonyl (C=O) groups excluding carboxylic acids is 1. The number of ketones is 1. The topological polar surface area (TPSA) is 26.3 Å². The number of ether oxygens (including phenoxy) is 1. The van der Waals surface area contributed by atoms with Crippen LogP contribution < -0.4 is 4.74 Å². The smallest absolute Gasteiger partial charge is 0.167 e. The monoisotopic (exact) mass is 338 g/mol. The molecule has 4 aromatic rings. The van der Waals surface area contributed by atoms with Gasteiger partial charge in [-0.2, -0.15) is 0 Å². The average molecular weight is 338 g/mol. The number of para-hydroxylation sites is 1. The second kappa shape index (κ2) is 7.24. The maximum Gasteiger partial charge on any atom is 0.167 e. The summed E-state index contributed by atoms with van der Waals surface area (Å²) in [5, 5.41) is 2.08. The standard InChI is InChI=1S/C24H18O2/c25-24(23-15-7-10-19-9-4-5-14-22(19)23)17-18-8-6-13-21(16-18)26-20-11-2-1-3-12-20/h1-16H,17H2. The number of rotatable bonds is 5. The van der Waals surface area contributed by atoms with Crippen molar-refractivity contribution in [2.75, 3.05) is 0 Å². The van der Waals surface area contributed by atoms with Crippen LogP contribution in [-0.2, 0) is 6.42 Å². The fraction of sp³-hybridized carbons (Fsp3) is 0.0417. The van der Waals surface area contributed by atoms with E-state index in [9.17, 15) is 4.79 Å². The summed E-state index contributed by atoms with van der Waals surface area (Å²) in [7, 11) is 0. The van der Waals surface area contributed by atoms with Crippen LogP contribution in [0.25, 0.3) is 10.8 Å². The normalized spacial score (nSPS) is 10.6. The molecule has 0 fully saturated rings. The van der Waals surface area contributed by atoms with Gasteiger partial charge in [0.1, 0.15) is 11.5 Å². The maximum atomic E-state index is 12.9. The van der Waals surface area contributed by atoms with Gasteiger partial charge in [-0.1, -0.05) is 72.8 Å². The Kier molecular flexibility index (Phi) is 4.48. The second-order valence-electron chi connectivity index (χ2n) is 6.19. The second-order valence-corrected chi connectivity index (χ2v) is 6.19. The van der Waals surface area contributed by atoms with Crippen LogP contribution in [0.4, 0.5) is 0 Å². The van der Waals surface area contributed by atoms with Crippen molar-refractivity contribution in [3.05, 3.63) is 108 Å². The lowest BCUT2D eigenvalue weighted by atomic mass is 9.97. The summed E-state index contributed by atoms with van der Waals surface area (Å²) in [4.78, 5) is 12.9. The number of fused-ring (bicyclic) bond motifs is 1. The molecule has 0 saturated heterocycles. The minimum absolute atomic E-state index is 0.110. The summed E-state index contributed by atoms with van der Waals surface area (Å²) < 4.78 is 5.87. The Morgan fingerprint density at radius 2 is 1.38 bits per heavy atom. The van der Waals surface area contributed by atoms with E-state index in [1.165, 1.54) is 0 Å². The molecule has 0 aliphatic rings. The van der Waals surface area contributed by atoms with Crippen molar-refractivity contribution < 1.29 is 9.53 Å². The summed E-state index contributed by atoms with van der Waals surface area (Å²) in [6.07, 6.45) is 0.347. The van der Waals surface area contributed by atoms with Gasteiger partial charge in [-0.05, 0) is 40.6 Å². The molecular weight excluding hydrogens is 320 g/mol. The zero-order valence-corrected chi connectivity index (χ0v) is 14.3. The molecule has 0 bridgehead atoms. The molecule has 0 heterocycles. The van der Waals surface area contributed by atoms with Crippen LogP contribution in [0.2, 0.25) is 0 Å². The largest absolute Gasteiger partial charge is 0.457 e. The first kappa shape index (κ1) is 16.1. The Labute approximate surface area is 152 Å². The van der Waals surface area contributed by atoms with E-state index < -0.39 is 0 Å². The summed E-state index contributed by atoms with van der Waals surface area (Å²) >= 11 is 0. The number of benzene rings is 4. The Hall–Kier alpha value is -3.39. The third kappa shape index (κ3) is 3.50. The first-order valence-corrected chi connectivity index (χ1v) is 8.62. The zero-order valence-electron chi connectivity index (χ0n) is 14.3. The van der Waals surface area contributed by atoms with Crippen molar-refractivity contribution in [3.63, 3.8) is 0 Å². The molecule has 0 aliphatic heterocycles. The van der Waals surface area contributed by atoms with Gasteiger partial charge in [0.15, 0.2) is 5.78 Å². The highest BCUT2D eigenvalue weighted by atomic mass is 16.5. The van der Waals surface area contributed by atoms with Crippen LogP contribution >= 0.6 is 0 Å². The minimum Gasteiger partial charge on any atom is -0.457 e. The van der Waals surface area contributed by atoms with Gasteiger partial charge in [0, 0.05) is 12.0 Å².